The number of amides is 2. The first-order chi connectivity index (χ1) is 7.53. The van der Waals surface area contributed by atoms with E-state index in [1.807, 2.05) is 0 Å². The first kappa shape index (κ1) is 10.5. The molecule has 0 bridgehead atoms. The minimum Gasteiger partial charge on any atom is -0.476 e. The third-order valence-electron chi connectivity index (χ3n) is 2.37. The number of ether oxygens (including phenoxy) is 1. The van der Waals surface area contributed by atoms with E-state index in [4.69, 9.17) is 4.74 Å². The molecule has 0 aromatic heterocycles. The van der Waals surface area contributed by atoms with E-state index in [-0.39, 0.29) is 5.91 Å². The Hall–Kier alpha value is -2.04. The zero-order chi connectivity index (χ0) is 11.8. The standard InChI is InChI=1S/C11H12N2O3/c1-11(2)10(15)13-8-5-7(12-6-14)3-4-9(8)16-11/h3-6H,1-2H3,(H,12,14)(H,13,15). The van der Waals surface area contributed by atoms with Crippen LogP contribution in [0.1, 0.15) is 13.8 Å². The summed E-state index contributed by atoms with van der Waals surface area (Å²) >= 11 is 0. The van der Waals surface area contributed by atoms with Crippen molar-refractivity contribution in [2.24, 2.45) is 0 Å². The van der Waals surface area contributed by atoms with Crippen LogP contribution in [0.5, 0.6) is 5.75 Å². The second kappa shape index (κ2) is 3.52. The van der Waals surface area contributed by atoms with Gasteiger partial charge in [0.15, 0.2) is 5.60 Å². The number of rotatable bonds is 2. The average molecular weight is 220 g/mol. The van der Waals surface area contributed by atoms with Crippen molar-refractivity contribution < 1.29 is 14.3 Å². The normalized spacial score (nSPS) is 16.8. The quantitative estimate of drug-likeness (QED) is 0.739. The Balaban J connectivity index is 2.36. The molecule has 2 rings (SSSR count). The van der Waals surface area contributed by atoms with Crippen LogP contribution in [0.4, 0.5) is 11.4 Å². The van der Waals surface area contributed by atoms with E-state index in [9.17, 15) is 9.59 Å². The number of hydrogen-bond acceptors (Lipinski definition) is 3. The van der Waals surface area contributed by atoms with E-state index in [0.29, 0.717) is 23.5 Å². The maximum atomic E-state index is 11.6. The summed E-state index contributed by atoms with van der Waals surface area (Å²) in [6, 6.07) is 5.07. The van der Waals surface area contributed by atoms with Gasteiger partial charge < -0.3 is 15.4 Å². The lowest BCUT2D eigenvalue weighted by Crippen LogP contribution is -2.45. The molecule has 84 valence electrons. The lowest BCUT2D eigenvalue weighted by atomic mass is 10.1. The third kappa shape index (κ3) is 1.71. The van der Waals surface area contributed by atoms with Crippen molar-refractivity contribution in [2.45, 2.75) is 19.4 Å². The van der Waals surface area contributed by atoms with Gasteiger partial charge >= 0.3 is 0 Å². The van der Waals surface area contributed by atoms with Crippen LogP contribution < -0.4 is 15.4 Å². The second-order valence-electron chi connectivity index (χ2n) is 4.04. The van der Waals surface area contributed by atoms with Gasteiger partial charge in [0.05, 0.1) is 5.69 Å². The number of benzene rings is 1. The molecule has 1 aliphatic heterocycles. The van der Waals surface area contributed by atoms with Crippen molar-refractivity contribution in [3.05, 3.63) is 18.2 Å². The predicted molar refractivity (Wildman–Crippen MR) is 59.5 cm³/mol. The largest absolute Gasteiger partial charge is 0.476 e. The molecular weight excluding hydrogens is 208 g/mol. The Labute approximate surface area is 92.8 Å². The fourth-order valence-corrected chi connectivity index (χ4v) is 1.47. The first-order valence-electron chi connectivity index (χ1n) is 4.87. The molecule has 0 spiro atoms. The van der Waals surface area contributed by atoms with Crippen LogP contribution in [0.2, 0.25) is 0 Å². The summed E-state index contributed by atoms with van der Waals surface area (Å²) in [4.78, 5) is 21.9. The minimum absolute atomic E-state index is 0.205. The zero-order valence-corrected chi connectivity index (χ0v) is 9.03. The fraction of sp³-hybridized carbons (Fsp3) is 0.273. The van der Waals surface area contributed by atoms with Gasteiger partial charge in [0.1, 0.15) is 5.75 Å². The van der Waals surface area contributed by atoms with Crippen LogP contribution in [-0.2, 0) is 9.59 Å². The van der Waals surface area contributed by atoms with Crippen LogP contribution in [0.3, 0.4) is 0 Å². The molecule has 0 aliphatic carbocycles. The highest BCUT2D eigenvalue weighted by Gasteiger charge is 2.35. The Morgan fingerprint density at radius 3 is 2.88 bits per heavy atom. The molecule has 0 fully saturated rings. The summed E-state index contributed by atoms with van der Waals surface area (Å²) in [5, 5.41) is 5.23. The van der Waals surface area contributed by atoms with Crippen molar-refractivity contribution in [1.82, 2.24) is 0 Å². The van der Waals surface area contributed by atoms with E-state index in [1.165, 1.54) is 0 Å². The predicted octanol–water partition coefficient (Wildman–Crippen LogP) is 1.36. The van der Waals surface area contributed by atoms with Crippen molar-refractivity contribution in [1.29, 1.82) is 0 Å². The van der Waals surface area contributed by atoms with E-state index < -0.39 is 5.60 Å². The van der Waals surface area contributed by atoms with Crippen molar-refractivity contribution >= 4 is 23.7 Å². The lowest BCUT2D eigenvalue weighted by molar-refractivity contribution is -0.129. The van der Waals surface area contributed by atoms with E-state index in [1.54, 1.807) is 32.0 Å². The fourth-order valence-electron chi connectivity index (χ4n) is 1.47. The monoisotopic (exact) mass is 220 g/mol. The van der Waals surface area contributed by atoms with Crippen LogP contribution in [-0.4, -0.2) is 17.9 Å². The Kier molecular flexibility index (Phi) is 2.30. The molecule has 0 radical (unpaired) electrons. The Morgan fingerprint density at radius 2 is 2.19 bits per heavy atom. The first-order valence-corrected chi connectivity index (χ1v) is 4.87. The highest BCUT2D eigenvalue weighted by Crippen LogP contribution is 2.35. The molecule has 1 aromatic carbocycles. The molecule has 0 saturated heterocycles. The lowest BCUT2D eigenvalue weighted by Gasteiger charge is -2.31. The maximum Gasteiger partial charge on any atom is 0.268 e. The number of carbonyl (C=O) groups is 2. The van der Waals surface area contributed by atoms with Gasteiger partial charge in [0.2, 0.25) is 6.41 Å². The third-order valence-corrected chi connectivity index (χ3v) is 2.37. The van der Waals surface area contributed by atoms with Gasteiger partial charge in [-0.25, -0.2) is 0 Å². The number of nitrogens with one attached hydrogen (secondary N) is 2. The molecule has 1 heterocycles. The SMILES string of the molecule is CC1(C)Oc2ccc(NC=O)cc2NC1=O. The topological polar surface area (TPSA) is 67.4 Å². The maximum absolute atomic E-state index is 11.6. The molecular formula is C11H12N2O3. The van der Waals surface area contributed by atoms with Gasteiger partial charge in [-0.05, 0) is 32.0 Å². The van der Waals surface area contributed by atoms with Crippen LogP contribution >= 0.6 is 0 Å². The summed E-state index contributed by atoms with van der Waals surface area (Å²) in [5.41, 5.74) is 0.306. The van der Waals surface area contributed by atoms with E-state index >= 15 is 0 Å². The summed E-state index contributed by atoms with van der Waals surface area (Å²) in [6.07, 6.45) is 0.581. The van der Waals surface area contributed by atoms with Crippen molar-refractivity contribution in [2.75, 3.05) is 10.6 Å². The average Bonchev–Trinajstić information content (AvgIpc) is 2.20. The number of carbonyl (C=O) groups excluding carboxylic acids is 2. The van der Waals surface area contributed by atoms with Gasteiger partial charge in [0.25, 0.3) is 5.91 Å². The molecule has 1 aromatic rings. The van der Waals surface area contributed by atoms with Gasteiger partial charge in [0, 0.05) is 5.69 Å². The van der Waals surface area contributed by atoms with E-state index in [0.717, 1.165) is 0 Å². The van der Waals surface area contributed by atoms with Gasteiger partial charge in [-0.15, -0.1) is 0 Å². The molecule has 5 nitrogen and oxygen atoms in total. The molecule has 2 N–H and O–H groups in total. The summed E-state index contributed by atoms with van der Waals surface area (Å²) in [7, 11) is 0. The molecule has 16 heavy (non-hydrogen) atoms. The number of hydrogen-bond donors (Lipinski definition) is 2. The Morgan fingerprint density at radius 1 is 1.44 bits per heavy atom. The molecule has 0 unspecified atom stereocenters. The summed E-state index contributed by atoms with van der Waals surface area (Å²) < 4.78 is 5.54. The summed E-state index contributed by atoms with van der Waals surface area (Å²) in [5.74, 6) is 0.393. The highest BCUT2D eigenvalue weighted by molar-refractivity contribution is 6.00. The van der Waals surface area contributed by atoms with Crippen LogP contribution in [0.25, 0.3) is 0 Å². The molecule has 2 amide bonds. The van der Waals surface area contributed by atoms with Gasteiger partial charge in [-0.2, -0.15) is 0 Å². The number of anilines is 2. The van der Waals surface area contributed by atoms with Gasteiger partial charge in [-0.1, -0.05) is 0 Å². The minimum atomic E-state index is -0.868. The highest BCUT2D eigenvalue weighted by atomic mass is 16.5. The zero-order valence-electron chi connectivity index (χ0n) is 9.03. The smallest absolute Gasteiger partial charge is 0.268 e. The molecule has 0 saturated carbocycles. The van der Waals surface area contributed by atoms with Crippen molar-refractivity contribution in [3.63, 3.8) is 0 Å². The van der Waals surface area contributed by atoms with Crippen LogP contribution in [0.15, 0.2) is 18.2 Å². The molecule has 0 atom stereocenters. The van der Waals surface area contributed by atoms with Crippen molar-refractivity contribution in [3.8, 4) is 5.75 Å². The van der Waals surface area contributed by atoms with Crippen LogP contribution in [0, 0.1) is 0 Å². The molecule has 1 aliphatic rings. The van der Waals surface area contributed by atoms with Gasteiger partial charge in [-0.3, -0.25) is 9.59 Å². The number of fused-ring (bicyclic) bond motifs is 1. The Bertz CT molecular complexity index is 455. The molecule has 5 heteroatoms. The summed E-state index contributed by atoms with van der Waals surface area (Å²) in [6.45, 7) is 3.39. The second-order valence-corrected chi connectivity index (χ2v) is 4.04. The van der Waals surface area contributed by atoms with E-state index in [2.05, 4.69) is 10.6 Å².